The maximum atomic E-state index is 10.7. The van der Waals surface area contributed by atoms with Gasteiger partial charge >= 0.3 is 0 Å². The number of benzene rings is 2. The van der Waals surface area contributed by atoms with Crippen LogP contribution < -0.4 is 0 Å². The van der Waals surface area contributed by atoms with E-state index in [0.29, 0.717) is 19.7 Å². The lowest BCUT2D eigenvalue weighted by atomic mass is 10.2. The topological polar surface area (TPSA) is 44.8 Å². The second-order valence-electron chi connectivity index (χ2n) is 5.29. The summed E-state index contributed by atoms with van der Waals surface area (Å²) >= 11 is 6.28. The van der Waals surface area contributed by atoms with Gasteiger partial charge in [0.05, 0.1) is 31.8 Å². The molecule has 2 aromatic rings. The largest absolute Gasteiger partial charge is 0.460 e. The van der Waals surface area contributed by atoms with Crippen molar-refractivity contribution >= 4 is 18.1 Å². The van der Waals surface area contributed by atoms with Crippen LogP contribution in [-0.4, -0.2) is 31.2 Å². The Morgan fingerprint density at radius 2 is 1.33 bits per heavy atom. The maximum Gasteiger partial charge on any atom is 0.293 e. The van der Waals surface area contributed by atoms with Gasteiger partial charge in [0.1, 0.15) is 6.10 Å². The maximum absolute atomic E-state index is 10.7. The van der Waals surface area contributed by atoms with Gasteiger partial charge in [0.25, 0.3) is 6.47 Å². The van der Waals surface area contributed by atoms with E-state index >= 15 is 0 Å². The molecule has 128 valence electrons. The van der Waals surface area contributed by atoms with E-state index < -0.39 is 11.5 Å². The molecule has 0 aliphatic rings. The van der Waals surface area contributed by atoms with Gasteiger partial charge < -0.3 is 14.2 Å². The standard InChI is InChI=1S/C19H21ClO4/c20-18(13-22-11-16-7-3-1-4-8-16)19(24-15-21)14-23-12-17-9-5-2-6-10-17/h1-10,15,18-19H,11-14H2/t18-,19+/m0/s1. The Morgan fingerprint density at radius 3 is 1.83 bits per heavy atom. The van der Waals surface area contributed by atoms with E-state index in [9.17, 15) is 4.79 Å². The van der Waals surface area contributed by atoms with Crippen molar-refractivity contribution in [3.05, 3.63) is 71.8 Å². The van der Waals surface area contributed by atoms with Crippen molar-refractivity contribution in [2.75, 3.05) is 13.2 Å². The number of hydrogen-bond donors (Lipinski definition) is 0. The SMILES string of the molecule is O=CO[C@H](COCc1ccccc1)[C@@H](Cl)COCc1ccccc1. The lowest BCUT2D eigenvalue weighted by Gasteiger charge is -2.20. The normalized spacial score (nSPS) is 13.2. The van der Waals surface area contributed by atoms with Crippen LogP contribution in [-0.2, 0) is 32.2 Å². The highest BCUT2D eigenvalue weighted by Crippen LogP contribution is 2.11. The molecule has 2 atom stereocenters. The van der Waals surface area contributed by atoms with Crippen LogP contribution in [0.1, 0.15) is 11.1 Å². The average Bonchev–Trinajstić information content (AvgIpc) is 2.63. The van der Waals surface area contributed by atoms with Crippen molar-refractivity contribution in [3.8, 4) is 0 Å². The first-order chi connectivity index (χ1) is 11.8. The molecule has 0 aliphatic heterocycles. The van der Waals surface area contributed by atoms with Gasteiger partial charge in [0.15, 0.2) is 0 Å². The van der Waals surface area contributed by atoms with E-state index in [4.69, 9.17) is 25.8 Å². The zero-order chi connectivity index (χ0) is 17.0. The third-order valence-corrected chi connectivity index (χ3v) is 3.82. The Morgan fingerprint density at radius 1 is 0.833 bits per heavy atom. The molecule has 0 saturated heterocycles. The van der Waals surface area contributed by atoms with E-state index in [1.165, 1.54) is 0 Å². The average molecular weight is 349 g/mol. The summed E-state index contributed by atoms with van der Waals surface area (Å²) in [6.07, 6.45) is -0.552. The monoisotopic (exact) mass is 348 g/mol. The molecule has 0 N–H and O–H groups in total. The Balaban J connectivity index is 1.72. The molecule has 0 heterocycles. The molecule has 0 fully saturated rings. The van der Waals surface area contributed by atoms with Gasteiger partial charge in [0, 0.05) is 0 Å². The third-order valence-electron chi connectivity index (χ3n) is 3.42. The van der Waals surface area contributed by atoms with Gasteiger partial charge in [0.2, 0.25) is 0 Å². The van der Waals surface area contributed by atoms with Crippen LogP contribution in [0.2, 0.25) is 0 Å². The van der Waals surface area contributed by atoms with Crippen molar-refractivity contribution in [1.29, 1.82) is 0 Å². The highest BCUT2D eigenvalue weighted by molar-refractivity contribution is 6.21. The molecule has 0 bridgehead atoms. The molecule has 0 saturated carbocycles. The van der Waals surface area contributed by atoms with E-state index in [-0.39, 0.29) is 13.2 Å². The molecule has 24 heavy (non-hydrogen) atoms. The van der Waals surface area contributed by atoms with E-state index in [1.54, 1.807) is 0 Å². The second kappa shape index (κ2) is 10.8. The van der Waals surface area contributed by atoms with Gasteiger partial charge in [-0.2, -0.15) is 0 Å². The molecule has 2 rings (SSSR count). The first kappa shape index (κ1) is 18.5. The van der Waals surface area contributed by atoms with Crippen LogP contribution in [0.3, 0.4) is 0 Å². The number of rotatable bonds is 11. The van der Waals surface area contributed by atoms with E-state index in [2.05, 4.69) is 0 Å². The predicted octanol–water partition coefficient (Wildman–Crippen LogP) is 3.57. The fourth-order valence-electron chi connectivity index (χ4n) is 2.14. The molecule has 2 aromatic carbocycles. The molecule has 0 spiro atoms. The number of carbonyl (C=O) groups excluding carboxylic acids is 1. The Labute approximate surface area is 147 Å². The fourth-order valence-corrected chi connectivity index (χ4v) is 2.36. The highest BCUT2D eigenvalue weighted by atomic mass is 35.5. The summed E-state index contributed by atoms with van der Waals surface area (Å²) in [4.78, 5) is 10.7. The van der Waals surface area contributed by atoms with Crippen molar-refractivity contribution in [2.45, 2.75) is 24.7 Å². The molecule has 4 nitrogen and oxygen atoms in total. The Bertz CT molecular complexity index is 576. The van der Waals surface area contributed by atoms with Crippen LogP contribution >= 0.6 is 11.6 Å². The fraction of sp³-hybridized carbons (Fsp3) is 0.316. The lowest BCUT2D eigenvalue weighted by molar-refractivity contribution is -0.137. The van der Waals surface area contributed by atoms with E-state index in [0.717, 1.165) is 11.1 Å². The van der Waals surface area contributed by atoms with Crippen molar-refractivity contribution < 1.29 is 19.0 Å². The number of alkyl halides is 1. The highest BCUT2D eigenvalue weighted by Gasteiger charge is 2.21. The minimum atomic E-state index is -0.552. The summed E-state index contributed by atoms with van der Waals surface area (Å²) in [6, 6.07) is 19.6. The molecular weight excluding hydrogens is 328 g/mol. The summed E-state index contributed by atoms with van der Waals surface area (Å²) in [7, 11) is 0. The first-order valence-electron chi connectivity index (χ1n) is 7.76. The van der Waals surface area contributed by atoms with Gasteiger partial charge in [-0.05, 0) is 11.1 Å². The summed E-state index contributed by atoms with van der Waals surface area (Å²) in [5.74, 6) is 0. The third kappa shape index (κ3) is 6.71. The first-order valence-corrected chi connectivity index (χ1v) is 8.19. The molecule has 0 amide bonds. The number of ether oxygens (including phenoxy) is 3. The molecular formula is C19H21ClO4. The van der Waals surface area contributed by atoms with E-state index in [1.807, 2.05) is 60.7 Å². The summed E-state index contributed by atoms with van der Waals surface area (Å²) < 4.78 is 16.2. The second-order valence-corrected chi connectivity index (χ2v) is 5.85. The molecule has 0 aliphatic carbocycles. The molecule has 0 aromatic heterocycles. The minimum absolute atomic E-state index is 0.219. The summed E-state index contributed by atoms with van der Waals surface area (Å²) in [6.45, 7) is 1.78. The summed E-state index contributed by atoms with van der Waals surface area (Å²) in [5, 5.41) is -0.477. The zero-order valence-electron chi connectivity index (χ0n) is 13.3. The molecule has 0 unspecified atom stereocenters. The van der Waals surface area contributed by atoms with Crippen molar-refractivity contribution in [2.24, 2.45) is 0 Å². The number of carbonyl (C=O) groups is 1. The number of hydrogen-bond acceptors (Lipinski definition) is 4. The van der Waals surface area contributed by atoms with Crippen molar-refractivity contribution in [1.82, 2.24) is 0 Å². The van der Waals surface area contributed by atoms with Gasteiger partial charge in [-0.3, -0.25) is 4.79 Å². The van der Waals surface area contributed by atoms with Crippen LogP contribution in [0.5, 0.6) is 0 Å². The van der Waals surface area contributed by atoms with Gasteiger partial charge in [-0.15, -0.1) is 11.6 Å². The quantitative estimate of drug-likeness (QED) is 0.460. The van der Waals surface area contributed by atoms with Crippen LogP contribution in [0.25, 0.3) is 0 Å². The molecule has 0 radical (unpaired) electrons. The zero-order valence-corrected chi connectivity index (χ0v) is 14.1. The van der Waals surface area contributed by atoms with Gasteiger partial charge in [-0.25, -0.2) is 0 Å². The van der Waals surface area contributed by atoms with Crippen molar-refractivity contribution in [3.63, 3.8) is 0 Å². The Kier molecular flexibility index (Phi) is 8.32. The smallest absolute Gasteiger partial charge is 0.293 e. The van der Waals surface area contributed by atoms with Crippen LogP contribution in [0, 0.1) is 0 Å². The van der Waals surface area contributed by atoms with Gasteiger partial charge in [-0.1, -0.05) is 60.7 Å². The predicted molar refractivity (Wildman–Crippen MR) is 92.8 cm³/mol. The lowest BCUT2D eigenvalue weighted by Crippen LogP contribution is -2.33. The van der Waals surface area contributed by atoms with Crippen LogP contribution in [0.15, 0.2) is 60.7 Å². The number of halogens is 1. The minimum Gasteiger partial charge on any atom is -0.460 e. The van der Waals surface area contributed by atoms with Crippen LogP contribution in [0.4, 0.5) is 0 Å². The summed E-state index contributed by atoms with van der Waals surface area (Å²) in [5.41, 5.74) is 2.11. The molecule has 5 heteroatoms. The Hall–Kier alpha value is -1.88.